The third-order valence-corrected chi connectivity index (χ3v) is 4.16. The van der Waals surface area contributed by atoms with Crippen LogP contribution in [0.15, 0.2) is 53.4 Å². The van der Waals surface area contributed by atoms with E-state index in [2.05, 4.69) is 5.32 Å². The zero-order valence-electron chi connectivity index (χ0n) is 12.2. The van der Waals surface area contributed by atoms with E-state index < -0.39 is 15.7 Å². The van der Waals surface area contributed by atoms with Gasteiger partial charge in [-0.2, -0.15) is 0 Å². The summed E-state index contributed by atoms with van der Waals surface area (Å²) in [6, 6.07) is 12.3. The van der Waals surface area contributed by atoms with Crippen LogP contribution in [0.5, 0.6) is 0 Å². The molecule has 6 heteroatoms. The molecular formula is C16H15NO4S. The summed E-state index contributed by atoms with van der Waals surface area (Å²) in [4.78, 5) is 23.6. The Hall–Kier alpha value is -2.47. The van der Waals surface area contributed by atoms with Crippen LogP contribution in [0.25, 0.3) is 0 Å². The topological polar surface area (TPSA) is 80.3 Å². The highest BCUT2D eigenvalue weighted by Gasteiger charge is 2.12. The lowest BCUT2D eigenvalue weighted by molar-refractivity contribution is 0.101. The highest BCUT2D eigenvalue weighted by Crippen LogP contribution is 2.15. The quantitative estimate of drug-likeness (QED) is 0.879. The van der Waals surface area contributed by atoms with E-state index in [-0.39, 0.29) is 16.2 Å². The van der Waals surface area contributed by atoms with Crippen LogP contribution in [0.4, 0.5) is 5.69 Å². The van der Waals surface area contributed by atoms with Gasteiger partial charge in [0.15, 0.2) is 15.6 Å². The molecule has 22 heavy (non-hydrogen) atoms. The zero-order chi connectivity index (χ0) is 16.3. The predicted molar refractivity (Wildman–Crippen MR) is 84.0 cm³/mol. The Balaban J connectivity index is 2.26. The summed E-state index contributed by atoms with van der Waals surface area (Å²) >= 11 is 0. The molecule has 0 saturated carbocycles. The third kappa shape index (κ3) is 3.79. The molecular weight excluding hydrogens is 302 g/mol. The van der Waals surface area contributed by atoms with Crippen LogP contribution in [0.1, 0.15) is 27.6 Å². The lowest BCUT2D eigenvalue weighted by Crippen LogP contribution is -2.13. The van der Waals surface area contributed by atoms with Crippen molar-refractivity contribution in [2.45, 2.75) is 11.8 Å². The van der Waals surface area contributed by atoms with Crippen molar-refractivity contribution in [1.29, 1.82) is 0 Å². The molecule has 0 aliphatic rings. The maximum atomic E-state index is 12.2. The molecule has 0 fully saturated rings. The van der Waals surface area contributed by atoms with Crippen LogP contribution in [0.3, 0.4) is 0 Å². The van der Waals surface area contributed by atoms with Crippen LogP contribution in [0.2, 0.25) is 0 Å². The Labute approximate surface area is 128 Å². The van der Waals surface area contributed by atoms with Crippen molar-refractivity contribution in [3.63, 3.8) is 0 Å². The van der Waals surface area contributed by atoms with Crippen molar-refractivity contribution in [1.82, 2.24) is 0 Å². The van der Waals surface area contributed by atoms with Gasteiger partial charge in [-0.05, 0) is 37.3 Å². The standard InChI is InChI=1S/C16H15NO4S/c1-11(18)12-5-3-7-14(9-12)17-16(19)13-6-4-8-15(10-13)22(2,20)21/h3-10H,1-2H3,(H,17,19). The maximum Gasteiger partial charge on any atom is 0.255 e. The molecule has 1 N–H and O–H groups in total. The van der Waals surface area contributed by atoms with Crippen molar-refractivity contribution in [2.24, 2.45) is 0 Å². The van der Waals surface area contributed by atoms with Crippen molar-refractivity contribution in [2.75, 3.05) is 11.6 Å². The molecule has 5 nitrogen and oxygen atoms in total. The Morgan fingerprint density at radius 1 is 0.955 bits per heavy atom. The molecule has 2 aromatic carbocycles. The molecule has 0 saturated heterocycles. The molecule has 0 heterocycles. The summed E-state index contributed by atoms with van der Waals surface area (Å²) in [6.07, 6.45) is 1.08. The fraction of sp³-hybridized carbons (Fsp3) is 0.125. The summed E-state index contributed by atoms with van der Waals surface area (Å²) in [7, 11) is -3.37. The minimum Gasteiger partial charge on any atom is -0.322 e. The van der Waals surface area contributed by atoms with Gasteiger partial charge in [-0.25, -0.2) is 8.42 Å². The molecule has 0 aliphatic heterocycles. The van der Waals surface area contributed by atoms with Crippen LogP contribution < -0.4 is 5.32 Å². The van der Waals surface area contributed by atoms with Gasteiger partial charge in [0.1, 0.15) is 0 Å². The van der Waals surface area contributed by atoms with E-state index in [1.165, 1.54) is 31.2 Å². The second-order valence-corrected chi connectivity index (χ2v) is 6.91. The molecule has 1 amide bonds. The molecule has 0 aliphatic carbocycles. The fourth-order valence-electron chi connectivity index (χ4n) is 1.89. The first-order valence-electron chi connectivity index (χ1n) is 6.50. The first-order chi connectivity index (χ1) is 10.3. The van der Waals surface area contributed by atoms with Crippen molar-refractivity contribution >= 4 is 27.2 Å². The highest BCUT2D eigenvalue weighted by molar-refractivity contribution is 7.90. The summed E-state index contributed by atoms with van der Waals surface area (Å²) < 4.78 is 23.0. The molecule has 0 atom stereocenters. The van der Waals surface area contributed by atoms with Crippen molar-refractivity contribution in [3.8, 4) is 0 Å². The number of hydrogen-bond donors (Lipinski definition) is 1. The molecule has 0 aromatic heterocycles. The third-order valence-electron chi connectivity index (χ3n) is 3.05. The summed E-state index contributed by atoms with van der Waals surface area (Å²) in [5.41, 5.74) is 1.20. The van der Waals surface area contributed by atoms with Gasteiger partial charge in [0.2, 0.25) is 0 Å². The zero-order valence-corrected chi connectivity index (χ0v) is 13.0. The highest BCUT2D eigenvalue weighted by atomic mass is 32.2. The van der Waals surface area contributed by atoms with Crippen LogP contribution in [0, 0.1) is 0 Å². The Bertz CT molecular complexity index is 841. The van der Waals surface area contributed by atoms with Gasteiger partial charge in [-0.3, -0.25) is 9.59 Å². The molecule has 2 aromatic rings. The van der Waals surface area contributed by atoms with Crippen LogP contribution >= 0.6 is 0 Å². The summed E-state index contributed by atoms with van der Waals surface area (Å²) in [6.45, 7) is 1.44. The Morgan fingerprint density at radius 2 is 1.59 bits per heavy atom. The van der Waals surface area contributed by atoms with Gasteiger partial charge in [0.25, 0.3) is 5.91 Å². The van der Waals surface area contributed by atoms with Gasteiger partial charge in [-0.1, -0.05) is 18.2 Å². The maximum absolute atomic E-state index is 12.2. The lowest BCUT2D eigenvalue weighted by Gasteiger charge is -2.07. The van der Waals surface area contributed by atoms with E-state index in [4.69, 9.17) is 0 Å². The largest absolute Gasteiger partial charge is 0.322 e. The predicted octanol–water partition coefficient (Wildman–Crippen LogP) is 2.55. The fourth-order valence-corrected chi connectivity index (χ4v) is 2.55. The van der Waals surface area contributed by atoms with E-state index in [1.54, 1.807) is 24.3 Å². The average Bonchev–Trinajstić information content (AvgIpc) is 2.46. The number of Topliss-reactive ketones (excluding diaryl/α,β-unsaturated/α-hetero) is 1. The van der Waals surface area contributed by atoms with E-state index in [0.29, 0.717) is 11.3 Å². The molecule has 2 rings (SSSR count). The number of nitrogens with one attached hydrogen (secondary N) is 1. The van der Waals surface area contributed by atoms with Crippen LogP contribution in [-0.2, 0) is 9.84 Å². The van der Waals surface area contributed by atoms with Gasteiger partial charge in [-0.15, -0.1) is 0 Å². The monoisotopic (exact) mass is 317 g/mol. The SMILES string of the molecule is CC(=O)c1cccc(NC(=O)c2cccc(S(C)(=O)=O)c2)c1. The van der Waals surface area contributed by atoms with Gasteiger partial charge in [0, 0.05) is 23.1 Å². The lowest BCUT2D eigenvalue weighted by atomic mass is 10.1. The van der Waals surface area contributed by atoms with Crippen LogP contribution in [-0.4, -0.2) is 26.4 Å². The van der Waals surface area contributed by atoms with E-state index in [9.17, 15) is 18.0 Å². The number of anilines is 1. The molecule has 0 bridgehead atoms. The van der Waals surface area contributed by atoms with Gasteiger partial charge >= 0.3 is 0 Å². The van der Waals surface area contributed by atoms with E-state index >= 15 is 0 Å². The summed E-state index contributed by atoms with van der Waals surface area (Å²) in [5.74, 6) is -0.540. The average molecular weight is 317 g/mol. The molecule has 0 radical (unpaired) electrons. The number of hydrogen-bond acceptors (Lipinski definition) is 4. The van der Waals surface area contributed by atoms with E-state index in [1.807, 2.05) is 0 Å². The number of sulfone groups is 1. The number of carbonyl (C=O) groups is 2. The number of benzene rings is 2. The van der Waals surface area contributed by atoms with Crippen molar-refractivity contribution < 1.29 is 18.0 Å². The second kappa shape index (κ2) is 6.11. The first kappa shape index (κ1) is 15.9. The van der Waals surface area contributed by atoms with Gasteiger partial charge in [0.05, 0.1) is 4.90 Å². The minimum atomic E-state index is -3.37. The van der Waals surface area contributed by atoms with Crippen molar-refractivity contribution in [3.05, 3.63) is 59.7 Å². The molecule has 114 valence electrons. The Kier molecular flexibility index (Phi) is 4.42. The normalized spacial score (nSPS) is 11.0. The van der Waals surface area contributed by atoms with E-state index in [0.717, 1.165) is 6.26 Å². The number of amides is 1. The Morgan fingerprint density at radius 3 is 2.23 bits per heavy atom. The number of carbonyl (C=O) groups excluding carboxylic acids is 2. The molecule has 0 spiro atoms. The number of rotatable bonds is 4. The molecule has 0 unspecified atom stereocenters. The number of ketones is 1. The smallest absolute Gasteiger partial charge is 0.255 e. The second-order valence-electron chi connectivity index (χ2n) is 4.89. The van der Waals surface area contributed by atoms with Gasteiger partial charge < -0.3 is 5.32 Å². The first-order valence-corrected chi connectivity index (χ1v) is 8.39. The minimum absolute atomic E-state index is 0.0811. The summed E-state index contributed by atoms with van der Waals surface area (Å²) in [5, 5.41) is 2.65.